The summed E-state index contributed by atoms with van der Waals surface area (Å²) < 4.78 is 5.57. The summed E-state index contributed by atoms with van der Waals surface area (Å²) in [6.07, 6.45) is 0.584. The maximum atomic E-state index is 12.1. The predicted octanol–water partition coefficient (Wildman–Crippen LogP) is 3.76. The van der Waals surface area contributed by atoms with Crippen molar-refractivity contribution < 1.29 is 14.0 Å². The van der Waals surface area contributed by atoms with E-state index < -0.39 is 0 Å². The molecular formula is C20H22N4O3S. The van der Waals surface area contributed by atoms with E-state index in [1.807, 2.05) is 30.7 Å². The highest BCUT2D eigenvalue weighted by Gasteiger charge is 2.11. The lowest BCUT2D eigenvalue weighted by Crippen LogP contribution is -2.27. The SMILES string of the molecule is CC(C)CNC(=O)c1ccc(NC(=O)CCc2nnc(-c3ccsc3)o2)cc1. The van der Waals surface area contributed by atoms with Gasteiger partial charge in [0.15, 0.2) is 0 Å². The molecule has 0 aliphatic carbocycles. The van der Waals surface area contributed by atoms with Crippen molar-refractivity contribution in [3.8, 4) is 11.5 Å². The van der Waals surface area contributed by atoms with Crippen molar-refractivity contribution >= 4 is 28.8 Å². The molecule has 0 unspecified atom stereocenters. The molecule has 2 heterocycles. The molecule has 0 saturated carbocycles. The number of nitrogens with zero attached hydrogens (tertiary/aromatic N) is 2. The van der Waals surface area contributed by atoms with E-state index in [1.165, 1.54) is 0 Å². The summed E-state index contributed by atoms with van der Waals surface area (Å²) in [5.74, 6) is 0.996. The Bertz CT molecular complexity index is 917. The first kappa shape index (κ1) is 19.8. The Morgan fingerprint density at radius 3 is 2.61 bits per heavy atom. The third-order valence-electron chi connectivity index (χ3n) is 3.90. The van der Waals surface area contributed by atoms with E-state index in [4.69, 9.17) is 4.42 Å². The first-order chi connectivity index (χ1) is 13.5. The second-order valence-corrected chi connectivity index (χ2v) is 7.52. The van der Waals surface area contributed by atoms with Gasteiger partial charge in [-0.25, -0.2) is 0 Å². The molecule has 3 aromatic rings. The van der Waals surface area contributed by atoms with Crippen LogP contribution in [0, 0.1) is 5.92 Å². The van der Waals surface area contributed by atoms with Crippen LogP contribution in [0.15, 0.2) is 45.5 Å². The number of hydrogen-bond donors (Lipinski definition) is 2. The number of hydrogen-bond acceptors (Lipinski definition) is 6. The Balaban J connectivity index is 1.47. The maximum Gasteiger partial charge on any atom is 0.251 e. The van der Waals surface area contributed by atoms with Gasteiger partial charge < -0.3 is 15.1 Å². The molecule has 0 spiro atoms. The summed E-state index contributed by atoms with van der Waals surface area (Å²) >= 11 is 1.55. The summed E-state index contributed by atoms with van der Waals surface area (Å²) in [7, 11) is 0. The Morgan fingerprint density at radius 1 is 1.14 bits per heavy atom. The number of carbonyl (C=O) groups is 2. The molecule has 8 heteroatoms. The number of aromatic nitrogens is 2. The topological polar surface area (TPSA) is 97.1 Å². The van der Waals surface area contributed by atoms with Gasteiger partial charge in [-0.05, 0) is 41.6 Å². The van der Waals surface area contributed by atoms with E-state index in [-0.39, 0.29) is 18.2 Å². The predicted molar refractivity (Wildman–Crippen MR) is 108 cm³/mol. The largest absolute Gasteiger partial charge is 0.421 e. The van der Waals surface area contributed by atoms with Crippen molar-refractivity contribution in [1.29, 1.82) is 0 Å². The second kappa shape index (κ2) is 9.27. The van der Waals surface area contributed by atoms with Gasteiger partial charge in [0.25, 0.3) is 5.91 Å². The van der Waals surface area contributed by atoms with E-state index in [2.05, 4.69) is 20.8 Å². The zero-order chi connectivity index (χ0) is 19.9. The number of thiophene rings is 1. The van der Waals surface area contributed by atoms with Crippen LogP contribution in [0.25, 0.3) is 11.5 Å². The molecule has 146 valence electrons. The summed E-state index contributed by atoms with van der Waals surface area (Å²) in [6, 6.07) is 8.71. The van der Waals surface area contributed by atoms with Gasteiger partial charge in [0.1, 0.15) is 0 Å². The van der Waals surface area contributed by atoms with Crippen molar-refractivity contribution in [2.24, 2.45) is 5.92 Å². The summed E-state index contributed by atoms with van der Waals surface area (Å²) in [5, 5.41) is 17.5. The van der Waals surface area contributed by atoms with Crippen molar-refractivity contribution in [3.63, 3.8) is 0 Å². The standard InChI is InChI=1S/C20H22N4O3S/c1-13(2)11-21-19(26)14-3-5-16(6-4-14)22-17(25)7-8-18-23-24-20(27-18)15-9-10-28-12-15/h3-6,9-10,12-13H,7-8,11H2,1-2H3,(H,21,26)(H,22,25). The third kappa shape index (κ3) is 5.50. The number of nitrogens with one attached hydrogen (secondary N) is 2. The Labute approximate surface area is 167 Å². The van der Waals surface area contributed by atoms with Crippen LogP contribution in [0.1, 0.15) is 36.5 Å². The number of amides is 2. The number of benzene rings is 1. The Kier molecular flexibility index (Phi) is 6.54. The van der Waals surface area contributed by atoms with E-state index in [9.17, 15) is 9.59 Å². The molecular weight excluding hydrogens is 376 g/mol. The minimum absolute atomic E-state index is 0.121. The molecule has 1 aromatic carbocycles. The fourth-order valence-corrected chi connectivity index (χ4v) is 3.03. The van der Waals surface area contributed by atoms with Gasteiger partial charge in [-0.2, -0.15) is 11.3 Å². The quantitative estimate of drug-likeness (QED) is 0.602. The first-order valence-corrected chi connectivity index (χ1v) is 9.98. The van der Waals surface area contributed by atoms with Crippen LogP contribution in [-0.2, 0) is 11.2 Å². The molecule has 0 saturated heterocycles. The van der Waals surface area contributed by atoms with Crippen molar-refractivity contribution in [1.82, 2.24) is 15.5 Å². The molecule has 28 heavy (non-hydrogen) atoms. The minimum atomic E-state index is -0.160. The Hall–Kier alpha value is -3.00. The van der Waals surface area contributed by atoms with Gasteiger partial charge in [-0.3, -0.25) is 9.59 Å². The normalized spacial score (nSPS) is 10.8. The maximum absolute atomic E-state index is 12.1. The molecule has 2 amide bonds. The van der Waals surface area contributed by atoms with Gasteiger partial charge in [0, 0.05) is 41.6 Å². The number of carbonyl (C=O) groups excluding carboxylic acids is 2. The lowest BCUT2D eigenvalue weighted by atomic mass is 10.1. The van der Waals surface area contributed by atoms with Gasteiger partial charge in [-0.1, -0.05) is 13.8 Å². The van der Waals surface area contributed by atoms with Crippen LogP contribution < -0.4 is 10.6 Å². The third-order valence-corrected chi connectivity index (χ3v) is 4.59. The molecule has 7 nitrogen and oxygen atoms in total. The van der Waals surface area contributed by atoms with E-state index >= 15 is 0 Å². The fraction of sp³-hybridized carbons (Fsp3) is 0.300. The summed E-state index contributed by atoms with van der Waals surface area (Å²) in [5.41, 5.74) is 2.08. The van der Waals surface area contributed by atoms with Crippen molar-refractivity contribution in [2.75, 3.05) is 11.9 Å². The van der Waals surface area contributed by atoms with Crippen molar-refractivity contribution in [2.45, 2.75) is 26.7 Å². The smallest absolute Gasteiger partial charge is 0.251 e. The first-order valence-electron chi connectivity index (χ1n) is 9.04. The monoisotopic (exact) mass is 398 g/mol. The molecule has 2 N–H and O–H groups in total. The highest BCUT2D eigenvalue weighted by atomic mass is 32.1. The molecule has 0 aliphatic heterocycles. The summed E-state index contributed by atoms with van der Waals surface area (Å²) in [6.45, 7) is 4.70. The molecule has 0 atom stereocenters. The average molecular weight is 398 g/mol. The molecule has 2 aromatic heterocycles. The number of rotatable bonds is 8. The molecule has 0 radical (unpaired) electrons. The molecule has 0 aliphatic rings. The lowest BCUT2D eigenvalue weighted by Gasteiger charge is -2.08. The van der Waals surface area contributed by atoms with Crippen LogP contribution in [0.3, 0.4) is 0 Å². The van der Waals surface area contributed by atoms with Gasteiger partial charge in [-0.15, -0.1) is 10.2 Å². The highest BCUT2D eigenvalue weighted by molar-refractivity contribution is 7.08. The van der Waals surface area contributed by atoms with Gasteiger partial charge >= 0.3 is 0 Å². The zero-order valence-electron chi connectivity index (χ0n) is 15.8. The average Bonchev–Trinajstić information content (AvgIpc) is 3.36. The molecule has 0 bridgehead atoms. The molecule has 3 rings (SSSR count). The Morgan fingerprint density at radius 2 is 1.93 bits per heavy atom. The lowest BCUT2D eigenvalue weighted by molar-refractivity contribution is -0.116. The summed E-state index contributed by atoms with van der Waals surface area (Å²) in [4.78, 5) is 24.1. The van der Waals surface area contributed by atoms with Crippen LogP contribution >= 0.6 is 11.3 Å². The minimum Gasteiger partial charge on any atom is -0.421 e. The van der Waals surface area contributed by atoms with Crippen LogP contribution in [0.5, 0.6) is 0 Å². The van der Waals surface area contributed by atoms with Gasteiger partial charge in [0.2, 0.25) is 17.7 Å². The second-order valence-electron chi connectivity index (χ2n) is 6.74. The molecule has 0 fully saturated rings. The van der Waals surface area contributed by atoms with E-state index in [0.717, 1.165) is 5.56 Å². The highest BCUT2D eigenvalue weighted by Crippen LogP contribution is 2.21. The number of aryl methyl sites for hydroxylation is 1. The van der Waals surface area contributed by atoms with Crippen molar-refractivity contribution in [3.05, 3.63) is 52.5 Å². The van der Waals surface area contributed by atoms with Gasteiger partial charge in [0.05, 0.1) is 0 Å². The van der Waals surface area contributed by atoms with Crippen LogP contribution in [0.2, 0.25) is 0 Å². The van der Waals surface area contributed by atoms with Crippen LogP contribution in [-0.4, -0.2) is 28.6 Å². The van der Waals surface area contributed by atoms with E-state index in [0.29, 0.717) is 41.9 Å². The number of anilines is 1. The van der Waals surface area contributed by atoms with Crippen LogP contribution in [0.4, 0.5) is 5.69 Å². The zero-order valence-corrected chi connectivity index (χ0v) is 16.6. The van der Waals surface area contributed by atoms with E-state index in [1.54, 1.807) is 35.6 Å². The fourth-order valence-electron chi connectivity index (χ4n) is 2.41.